The molecular weight excluding hydrogens is 369 g/mol. The Labute approximate surface area is 170 Å². The lowest BCUT2D eigenvalue weighted by Crippen LogP contribution is -2.34. The van der Waals surface area contributed by atoms with Crippen LogP contribution in [-0.2, 0) is 0 Å². The molecule has 4 atom stereocenters. The Morgan fingerprint density at radius 1 is 1.17 bits per heavy atom. The Morgan fingerprint density at radius 3 is 2.66 bits per heavy atom. The van der Waals surface area contributed by atoms with Crippen molar-refractivity contribution in [1.82, 2.24) is 14.9 Å². The zero-order chi connectivity index (χ0) is 20.0. The SMILES string of the molecule is Nc1nc(N2C[C@H](O)[C@@]3(C2)[C@H](CN2CCCCC2)[C@H]3c2ccccc2)ncc1F. The van der Waals surface area contributed by atoms with E-state index in [0.29, 0.717) is 30.9 Å². The molecule has 0 radical (unpaired) electrons. The number of halogens is 1. The van der Waals surface area contributed by atoms with Crippen molar-refractivity contribution in [2.24, 2.45) is 11.3 Å². The first-order valence-corrected chi connectivity index (χ1v) is 10.6. The smallest absolute Gasteiger partial charge is 0.227 e. The van der Waals surface area contributed by atoms with Gasteiger partial charge in [0.15, 0.2) is 11.6 Å². The van der Waals surface area contributed by atoms with Crippen molar-refractivity contribution in [3.8, 4) is 0 Å². The second-order valence-electron chi connectivity index (χ2n) is 8.77. The number of benzene rings is 1. The number of aliphatic hydroxyl groups excluding tert-OH is 1. The molecule has 3 heterocycles. The largest absolute Gasteiger partial charge is 0.391 e. The van der Waals surface area contributed by atoms with Crippen LogP contribution in [0.25, 0.3) is 0 Å². The second kappa shape index (κ2) is 7.22. The van der Waals surface area contributed by atoms with Crippen LogP contribution in [0.3, 0.4) is 0 Å². The number of likely N-dealkylation sites (tertiary alicyclic amines) is 1. The summed E-state index contributed by atoms with van der Waals surface area (Å²) >= 11 is 0. The molecule has 2 aliphatic heterocycles. The van der Waals surface area contributed by atoms with Crippen molar-refractivity contribution in [3.05, 3.63) is 47.9 Å². The van der Waals surface area contributed by atoms with Gasteiger partial charge in [0.25, 0.3) is 0 Å². The van der Waals surface area contributed by atoms with Crippen LogP contribution in [0.2, 0.25) is 0 Å². The predicted octanol–water partition coefficient (Wildman–Crippen LogP) is 2.26. The van der Waals surface area contributed by atoms with Crippen molar-refractivity contribution < 1.29 is 9.50 Å². The summed E-state index contributed by atoms with van der Waals surface area (Å²) in [4.78, 5) is 12.8. The van der Waals surface area contributed by atoms with Gasteiger partial charge in [-0.05, 0) is 43.3 Å². The van der Waals surface area contributed by atoms with E-state index in [1.807, 2.05) is 11.0 Å². The van der Waals surface area contributed by atoms with Crippen molar-refractivity contribution in [2.75, 3.05) is 43.4 Å². The van der Waals surface area contributed by atoms with Crippen LogP contribution in [-0.4, -0.2) is 58.8 Å². The third-order valence-corrected chi connectivity index (χ3v) is 7.14. The Morgan fingerprint density at radius 2 is 1.93 bits per heavy atom. The molecule has 1 aromatic carbocycles. The molecule has 0 unspecified atom stereocenters. The molecule has 2 saturated heterocycles. The number of nitrogens with zero attached hydrogens (tertiary/aromatic N) is 4. The molecule has 2 aromatic rings. The van der Waals surface area contributed by atoms with Crippen LogP contribution in [0.15, 0.2) is 36.5 Å². The zero-order valence-corrected chi connectivity index (χ0v) is 16.5. The minimum Gasteiger partial charge on any atom is -0.391 e. The molecule has 7 heteroatoms. The highest BCUT2D eigenvalue weighted by atomic mass is 19.1. The number of nitrogens with two attached hydrogens (primary N) is 1. The van der Waals surface area contributed by atoms with Crippen LogP contribution in [0.1, 0.15) is 30.7 Å². The molecule has 1 saturated carbocycles. The van der Waals surface area contributed by atoms with E-state index < -0.39 is 11.9 Å². The molecule has 3 fully saturated rings. The molecule has 6 nitrogen and oxygen atoms in total. The number of nitrogen functional groups attached to an aromatic ring is 1. The Hall–Kier alpha value is -2.25. The average molecular weight is 397 g/mol. The van der Waals surface area contributed by atoms with Gasteiger partial charge in [-0.3, -0.25) is 0 Å². The second-order valence-corrected chi connectivity index (χ2v) is 8.77. The van der Waals surface area contributed by atoms with E-state index >= 15 is 0 Å². The van der Waals surface area contributed by atoms with Crippen LogP contribution < -0.4 is 10.6 Å². The maximum absolute atomic E-state index is 13.5. The number of rotatable bonds is 4. The fourth-order valence-corrected chi connectivity index (χ4v) is 5.66. The number of anilines is 2. The summed E-state index contributed by atoms with van der Waals surface area (Å²) in [6.07, 6.45) is 4.47. The van der Waals surface area contributed by atoms with E-state index in [4.69, 9.17) is 5.73 Å². The number of β-amino-alcohol motifs (C(OH)–C–C–N with tert-alkyl or cyclic N) is 1. The van der Waals surface area contributed by atoms with Gasteiger partial charge < -0.3 is 20.6 Å². The van der Waals surface area contributed by atoms with Gasteiger partial charge in [0.05, 0.1) is 12.3 Å². The van der Waals surface area contributed by atoms with Crippen LogP contribution >= 0.6 is 0 Å². The van der Waals surface area contributed by atoms with Gasteiger partial charge in [-0.25, -0.2) is 9.37 Å². The highest BCUT2D eigenvalue weighted by Gasteiger charge is 2.71. The van der Waals surface area contributed by atoms with Gasteiger partial charge in [0.2, 0.25) is 5.95 Å². The molecule has 29 heavy (non-hydrogen) atoms. The maximum atomic E-state index is 13.5. The highest BCUT2D eigenvalue weighted by Crippen LogP contribution is 2.69. The summed E-state index contributed by atoms with van der Waals surface area (Å²) in [5.74, 6) is 0.338. The van der Waals surface area contributed by atoms with Gasteiger partial charge in [0.1, 0.15) is 0 Å². The molecule has 5 rings (SSSR count). The Balaban J connectivity index is 1.43. The summed E-state index contributed by atoms with van der Waals surface area (Å²) in [5, 5.41) is 11.2. The van der Waals surface area contributed by atoms with Gasteiger partial charge in [-0.15, -0.1) is 0 Å². The number of hydrogen-bond acceptors (Lipinski definition) is 6. The standard InChI is InChI=1S/C22H28FN5O/c23-17-11-25-21(26-20(17)24)28-13-18(29)22(14-28)16(12-27-9-5-2-6-10-27)19(22)15-7-3-1-4-8-15/h1,3-4,7-8,11,16,18-19,29H,2,5-6,9-10,12-14H2,(H2,24,25,26)/t16-,18+,19-,22-/m1/s1. The lowest BCUT2D eigenvalue weighted by molar-refractivity contribution is 0.114. The first-order valence-electron chi connectivity index (χ1n) is 10.6. The van der Waals surface area contributed by atoms with Gasteiger partial charge >= 0.3 is 0 Å². The van der Waals surface area contributed by atoms with Crippen molar-refractivity contribution >= 4 is 11.8 Å². The van der Waals surface area contributed by atoms with Crippen molar-refractivity contribution in [1.29, 1.82) is 0 Å². The zero-order valence-electron chi connectivity index (χ0n) is 16.5. The van der Waals surface area contributed by atoms with E-state index in [1.165, 1.54) is 24.8 Å². The van der Waals surface area contributed by atoms with Crippen molar-refractivity contribution in [2.45, 2.75) is 31.3 Å². The first-order chi connectivity index (χ1) is 14.1. The summed E-state index contributed by atoms with van der Waals surface area (Å²) in [7, 11) is 0. The Bertz CT molecular complexity index is 875. The maximum Gasteiger partial charge on any atom is 0.227 e. The summed E-state index contributed by atoms with van der Waals surface area (Å²) in [6.45, 7) is 4.41. The van der Waals surface area contributed by atoms with Crippen LogP contribution in [0.4, 0.5) is 16.2 Å². The van der Waals surface area contributed by atoms with E-state index in [9.17, 15) is 9.50 Å². The fraction of sp³-hybridized carbons (Fsp3) is 0.545. The molecule has 3 aliphatic rings. The van der Waals surface area contributed by atoms with Crippen molar-refractivity contribution in [3.63, 3.8) is 0 Å². The predicted molar refractivity (Wildman–Crippen MR) is 110 cm³/mol. The monoisotopic (exact) mass is 397 g/mol. The first kappa shape index (κ1) is 18.8. The molecule has 1 spiro atoms. The summed E-state index contributed by atoms with van der Waals surface area (Å²) in [5.41, 5.74) is 6.72. The van der Waals surface area contributed by atoms with Crippen LogP contribution in [0.5, 0.6) is 0 Å². The molecule has 1 aliphatic carbocycles. The Kier molecular flexibility index (Phi) is 4.67. The normalized spacial score (nSPS) is 32.1. The number of aromatic nitrogens is 2. The molecule has 1 aromatic heterocycles. The van der Waals surface area contributed by atoms with E-state index in [1.54, 1.807) is 0 Å². The molecule has 3 N–H and O–H groups in total. The van der Waals surface area contributed by atoms with Gasteiger partial charge in [-0.2, -0.15) is 4.98 Å². The lowest BCUT2D eigenvalue weighted by Gasteiger charge is -2.27. The molecule has 154 valence electrons. The molecular formula is C22H28FN5O. The quantitative estimate of drug-likeness (QED) is 0.824. The summed E-state index contributed by atoms with van der Waals surface area (Å²) in [6, 6.07) is 10.5. The minimum atomic E-state index is -0.611. The summed E-state index contributed by atoms with van der Waals surface area (Å²) < 4.78 is 13.5. The number of aliphatic hydroxyl groups is 1. The molecule has 0 bridgehead atoms. The van der Waals surface area contributed by atoms with Gasteiger partial charge in [-0.1, -0.05) is 36.8 Å². The van der Waals surface area contributed by atoms with E-state index in [-0.39, 0.29) is 11.2 Å². The highest BCUT2D eigenvalue weighted by molar-refractivity contribution is 5.46. The fourth-order valence-electron chi connectivity index (χ4n) is 5.66. The van der Waals surface area contributed by atoms with E-state index in [2.05, 4.69) is 39.1 Å². The minimum absolute atomic E-state index is 0.147. The lowest BCUT2D eigenvalue weighted by atomic mass is 9.95. The van der Waals surface area contributed by atoms with Gasteiger partial charge in [0, 0.05) is 25.0 Å². The third-order valence-electron chi connectivity index (χ3n) is 7.14. The third kappa shape index (κ3) is 3.16. The van der Waals surface area contributed by atoms with Crippen LogP contribution in [0, 0.1) is 17.2 Å². The molecule has 0 amide bonds. The number of piperidine rings is 1. The average Bonchev–Trinajstić information content (AvgIpc) is 3.23. The topological polar surface area (TPSA) is 78.5 Å². The van der Waals surface area contributed by atoms with E-state index in [0.717, 1.165) is 25.8 Å². The number of hydrogen-bond donors (Lipinski definition) is 2.